The molecule has 0 spiro atoms. The van der Waals surface area contributed by atoms with Crippen molar-refractivity contribution in [3.63, 3.8) is 0 Å². The van der Waals surface area contributed by atoms with Gasteiger partial charge in [0.15, 0.2) is 11.5 Å². The molecule has 0 aliphatic carbocycles. The lowest BCUT2D eigenvalue weighted by Gasteiger charge is -2.20. The number of pyridine rings is 1. The Hall–Kier alpha value is -1.90. The molecule has 0 aromatic carbocycles. The number of halogens is 1. The summed E-state index contributed by atoms with van der Waals surface area (Å²) in [6, 6.07) is 7.31. The lowest BCUT2D eigenvalue weighted by Crippen LogP contribution is -2.23. The van der Waals surface area contributed by atoms with Crippen LogP contribution in [-0.4, -0.2) is 28.0 Å². The highest BCUT2D eigenvalue weighted by atomic mass is 35.5. The van der Waals surface area contributed by atoms with Crippen molar-refractivity contribution in [2.75, 3.05) is 13.2 Å². The van der Waals surface area contributed by atoms with E-state index in [0.717, 1.165) is 30.4 Å². The molecule has 1 aliphatic heterocycles. The highest BCUT2D eigenvalue weighted by Crippen LogP contribution is 2.16. The van der Waals surface area contributed by atoms with Crippen LogP contribution < -0.4 is 0 Å². The molecular weight excluding hydrogens is 288 g/mol. The van der Waals surface area contributed by atoms with Crippen molar-refractivity contribution in [1.82, 2.24) is 14.8 Å². The number of hydrogen-bond acceptors (Lipinski definition) is 4. The van der Waals surface area contributed by atoms with E-state index in [1.807, 2.05) is 26.0 Å². The third-order valence-corrected chi connectivity index (χ3v) is 3.25. The molecule has 3 rings (SSSR count). The Kier molecular flexibility index (Phi) is 4.94. The monoisotopic (exact) mass is 304 g/mol. The van der Waals surface area contributed by atoms with E-state index in [1.165, 1.54) is 0 Å². The number of rotatable bonds is 1. The second-order valence-corrected chi connectivity index (χ2v) is 5.50. The van der Waals surface area contributed by atoms with Gasteiger partial charge in [0.25, 0.3) is 0 Å². The molecule has 3 heterocycles. The van der Waals surface area contributed by atoms with Gasteiger partial charge in [-0.25, -0.2) is 9.67 Å². The minimum atomic E-state index is 0.374. The average Bonchev–Trinajstić information content (AvgIpc) is 2.81. The van der Waals surface area contributed by atoms with Crippen LogP contribution in [0.2, 0.25) is 5.15 Å². The highest BCUT2D eigenvalue weighted by Gasteiger charge is 2.10. The van der Waals surface area contributed by atoms with Crippen LogP contribution in [0.3, 0.4) is 0 Å². The zero-order chi connectivity index (χ0) is 15.4. The molecule has 0 radical (unpaired) electrons. The van der Waals surface area contributed by atoms with E-state index in [2.05, 4.69) is 17.0 Å². The van der Waals surface area contributed by atoms with Crippen LogP contribution in [-0.2, 0) is 4.74 Å². The van der Waals surface area contributed by atoms with E-state index < -0.39 is 0 Å². The molecule has 110 valence electrons. The maximum absolute atomic E-state index is 8.77. The molecule has 1 fully saturated rings. The highest BCUT2D eigenvalue weighted by molar-refractivity contribution is 6.29. The van der Waals surface area contributed by atoms with Gasteiger partial charge in [-0.3, -0.25) is 0 Å². The average molecular weight is 305 g/mol. The van der Waals surface area contributed by atoms with E-state index in [4.69, 9.17) is 21.6 Å². The lowest BCUT2D eigenvalue weighted by molar-refractivity contribution is -0.0221. The van der Waals surface area contributed by atoms with E-state index in [0.29, 0.717) is 16.7 Å². The molecule has 1 saturated heterocycles. The van der Waals surface area contributed by atoms with Crippen LogP contribution in [0, 0.1) is 31.1 Å². The molecule has 1 aliphatic rings. The van der Waals surface area contributed by atoms with E-state index in [9.17, 15) is 0 Å². The summed E-state index contributed by atoms with van der Waals surface area (Å²) >= 11 is 5.84. The number of ether oxygens (including phenoxy) is 1. The van der Waals surface area contributed by atoms with Gasteiger partial charge >= 0.3 is 0 Å². The fraction of sp³-hybridized carbons (Fsp3) is 0.400. The zero-order valence-corrected chi connectivity index (χ0v) is 13.1. The second kappa shape index (κ2) is 6.70. The normalized spacial score (nSPS) is 13.9. The van der Waals surface area contributed by atoms with Gasteiger partial charge in [-0.05, 0) is 31.5 Å². The third-order valence-electron chi connectivity index (χ3n) is 3.04. The number of nitriles is 1. The topological polar surface area (TPSA) is 63.7 Å². The quantitative estimate of drug-likeness (QED) is 0.760. The van der Waals surface area contributed by atoms with Crippen molar-refractivity contribution in [3.8, 4) is 11.9 Å². The first kappa shape index (κ1) is 15.5. The van der Waals surface area contributed by atoms with Crippen LogP contribution >= 0.6 is 11.6 Å². The summed E-state index contributed by atoms with van der Waals surface area (Å²) in [4.78, 5) is 4.21. The van der Waals surface area contributed by atoms with Crippen LogP contribution in [0.5, 0.6) is 0 Å². The first-order valence-electron chi connectivity index (χ1n) is 6.69. The predicted molar refractivity (Wildman–Crippen MR) is 80.5 cm³/mol. The number of nitrogens with zero attached hydrogens (tertiary/aromatic N) is 4. The van der Waals surface area contributed by atoms with Crippen molar-refractivity contribution in [3.05, 3.63) is 40.3 Å². The molecule has 2 aromatic heterocycles. The van der Waals surface area contributed by atoms with E-state index in [1.54, 1.807) is 16.8 Å². The SMILES string of the molecule is CC1COC1.Cc1ccc(Cl)nc1-n1nc(C#N)cc1C. The van der Waals surface area contributed by atoms with Gasteiger partial charge in [0, 0.05) is 11.6 Å². The molecule has 0 bridgehead atoms. The molecule has 0 unspecified atom stereocenters. The molecule has 5 nitrogen and oxygen atoms in total. The smallest absolute Gasteiger partial charge is 0.163 e. The Labute approximate surface area is 129 Å². The minimum absolute atomic E-state index is 0.374. The van der Waals surface area contributed by atoms with Crippen molar-refractivity contribution in [1.29, 1.82) is 5.26 Å². The number of hydrogen-bond donors (Lipinski definition) is 0. The van der Waals surface area contributed by atoms with E-state index >= 15 is 0 Å². The van der Waals surface area contributed by atoms with Crippen molar-refractivity contribution in [2.24, 2.45) is 5.92 Å². The molecule has 6 heteroatoms. The summed E-state index contributed by atoms with van der Waals surface area (Å²) in [5.41, 5.74) is 2.19. The fourth-order valence-corrected chi connectivity index (χ4v) is 1.95. The summed E-state index contributed by atoms with van der Waals surface area (Å²) < 4.78 is 6.46. The van der Waals surface area contributed by atoms with Crippen LogP contribution in [0.25, 0.3) is 5.82 Å². The van der Waals surface area contributed by atoms with Crippen molar-refractivity contribution in [2.45, 2.75) is 20.8 Å². The Bertz CT molecular complexity index is 671. The van der Waals surface area contributed by atoms with E-state index in [-0.39, 0.29) is 0 Å². The Morgan fingerprint density at radius 3 is 2.52 bits per heavy atom. The van der Waals surface area contributed by atoms with Crippen LogP contribution in [0.15, 0.2) is 18.2 Å². The summed E-state index contributed by atoms with van der Waals surface area (Å²) in [6.45, 7) is 7.95. The van der Waals surface area contributed by atoms with Crippen molar-refractivity contribution < 1.29 is 4.74 Å². The first-order valence-corrected chi connectivity index (χ1v) is 7.07. The third kappa shape index (κ3) is 3.81. The largest absolute Gasteiger partial charge is 0.381 e. The van der Waals surface area contributed by atoms with Gasteiger partial charge < -0.3 is 4.74 Å². The minimum Gasteiger partial charge on any atom is -0.381 e. The molecule has 0 saturated carbocycles. The van der Waals surface area contributed by atoms with Crippen LogP contribution in [0.1, 0.15) is 23.9 Å². The number of aromatic nitrogens is 3. The van der Waals surface area contributed by atoms with Crippen molar-refractivity contribution >= 4 is 11.6 Å². The van der Waals surface area contributed by atoms with Gasteiger partial charge in [-0.15, -0.1) is 0 Å². The Morgan fingerprint density at radius 2 is 2.05 bits per heavy atom. The summed E-state index contributed by atoms with van der Waals surface area (Å²) in [7, 11) is 0. The molecule has 21 heavy (non-hydrogen) atoms. The lowest BCUT2D eigenvalue weighted by atomic mass is 10.2. The van der Waals surface area contributed by atoms with Gasteiger partial charge in [0.1, 0.15) is 11.2 Å². The van der Waals surface area contributed by atoms with Gasteiger partial charge in [0.2, 0.25) is 0 Å². The molecule has 0 atom stereocenters. The zero-order valence-electron chi connectivity index (χ0n) is 12.3. The van der Waals surface area contributed by atoms with Gasteiger partial charge in [-0.1, -0.05) is 24.6 Å². The first-order chi connectivity index (χ1) is 10.0. The van der Waals surface area contributed by atoms with Crippen LogP contribution in [0.4, 0.5) is 0 Å². The molecule has 0 amide bonds. The molecular formula is C15H17ClN4O. The maximum Gasteiger partial charge on any atom is 0.163 e. The van der Waals surface area contributed by atoms with Gasteiger partial charge in [-0.2, -0.15) is 10.4 Å². The summed E-state index contributed by atoms with van der Waals surface area (Å²) in [6.07, 6.45) is 0. The second-order valence-electron chi connectivity index (χ2n) is 5.11. The van der Waals surface area contributed by atoms with Gasteiger partial charge in [0.05, 0.1) is 13.2 Å². The standard InChI is InChI=1S/C11H9ClN4.C4H8O/c1-7-3-4-10(12)14-11(7)16-8(2)5-9(6-13)15-16;1-4-2-5-3-4/h3-5H,1-2H3;4H,2-3H2,1H3. The molecule has 2 aromatic rings. The predicted octanol–water partition coefficient (Wildman–Crippen LogP) is 3.06. The summed E-state index contributed by atoms with van der Waals surface area (Å²) in [5.74, 6) is 1.50. The summed E-state index contributed by atoms with van der Waals surface area (Å²) in [5, 5.41) is 13.3. The maximum atomic E-state index is 8.77. The Balaban J connectivity index is 0.000000272. The Morgan fingerprint density at radius 1 is 1.38 bits per heavy atom. The fourth-order valence-electron chi connectivity index (χ4n) is 1.81. The molecule has 0 N–H and O–H groups in total. The number of aryl methyl sites for hydroxylation is 2.